The number of hydrogen-bond donors (Lipinski definition) is 2. The second kappa shape index (κ2) is 7.45. The molecule has 0 bridgehead atoms. The molecule has 0 aromatic heterocycles. The van der Waals surface area contributed by atoms with Gasteiger partial charge >= 0.3 is 5.97 Å². The molecule has 0 heterocycles. The zero-order valence-corrected chi connectivity index (χ0v) is 9.70. The van der Waals surface area contributed by atoms with Gasteiger partial charge in [-0.1, -0.05) is 11.6 Å². The normalized spacial score (nSPS) is 8.88. The predicted molar refractivity (Wildman–Crippen MR) is 59.4 cm³/mol. The monoisotopic (exact) mass is 263 g/mol. The number of carboxylic acid groups (broad SMARTS) is 1. The van der Waals surface area contributed by atoms with Crippen molar-refractivity contribution in [2.75, 3.05) is 6.61 Å². The minimum atomic E-state index is -1.12. The number of amides is 1. The van der Waals surface area contributed by atoms with Crippen LogP contribution in [0.25, 0.3) is 0 Å². The number of carbonyl (C=O) groups excluding carboxylic acids is 1. The Hall–Kier alpha value is -1.82. The van der Waals surface area contributed by atoms with Gasteiger partial charge in [-0.3, -0.25) is 4.79 Å². The number of rotatable bonds is 3. The van der Waals surface area contributed by atoms with Gasteiger partial charge in [0.25, 0.3) is 0 Å². The molecule has 5 nitrogen and oxygen atoms in total. The van der Waals surface area contributed by atoms with Crippen LogP contribution < -0.4 is 10.5 Å². The summed E-state index contributed by atoms with van der Waals surface area (Å²) in [7, 11) is 0. The molecule has 0 unspecified atom stereocenters. The highest BCUT2D eigenvalue weighted by molar-refractivity contribution is 6.30. The van der Waals surface area contributed by atoms with Crippen LogP contribution in [0.1, 0.15) is 6.92 Å². The van der Waals surface area contributed by atoms with E-state index in [-0.39, 0.29) is 16.7 Å². The Morgan fingerprint density at radius 2 is 2.06 bits per heavy atom. The van der Waals surface area contributed by atoms with E-state index in [0.717, 1.165) is 6.07 Å². The van der Waals surface area contributed by atoms with Crippen molar-refractivity contribution in [2.45, 2.75) is 6.92 Å². The molecule has 94 valence electrons. The van der Waals surface area contributed by atoms with Crippen molar-refractivity contribution >= 4 is 23.5 Å². The number of carboxylic acids is 1. The summed E-state index contributed by atoms with van der Waals surface area (Å²) in [5.41, 5.74) is 4.47. The van der Waals surface area contributed by atoms with E-state index < -0.39 is 18.4 Å². The van der Waals surface area contributed by atoms with E-state index in [2.05, 4.69) is 5.73 Å². The first-order valence-corrected chi connectivity index (χ1v) is 4.76. The maximum absolute atomic E-state index is 12.7. The van der Waals surface area contributed by atoms with E-state index in [4.69, 9.17) is 21.4 Å². The van der Waals surface area contributed by atoms with Gasteiger partial charge < -0.3 is 15.6 Å². The van der Waals surface area contributed by atoms with Gasteiger partial charge in [-0.2, -0.15) is 0 Å². The summed E-state index contributed by atoms with van der Waals surface area (Å²) < 4.78 is 17.4. The summed E-state index contributed by atoms with van der Waals surface area (Å²) in [5.74, 6) is -1.94. The lowest BCUT2D eigenvalue weighted by Gasteiger charge is -2.02. The number of carbonyl (C=O) groups is 2. The Balaban J connectivity index is 0.000000557. The first-order chi connectivity index (χ1) is 7.82. The van der Waals surface area contributed by atoms with Gasteiger partial charge in [0.15, 0.2) is 6.61 Å². The van der Waals surface area contributed by atoms with Gasteiger partial charge in [-0.25, -0.2) is 9.18 Å². The molecule has 1 aromatic rings. The largest absolute Gasteiger partial charge is 0.482 e. The smallest absolute Gasteiger partial charge is 0.341 e. The van der Waals surface area contributed by atoms with Gasteiger partial charge in [0.2, 0.25) is 5.91 Å². The lowest BCUT2D eigenvalue weighted by molar-refractivity contribution is -0.139. The first kappa shape index (κ1) is 15.2. The quantitative estimate of drug-likeness (QED) is 0.863. The third-order valence-electron chi connectivity index (χ3n) is 1.25. The van der Waals surface area contributed by atoms with E-state index in [0.29, 0.717) is 0 Å². The average molecular weight is 264 g/mol. The molecule has 0 saturated carbocycles. The molecule has 1 rings (SSSR count). The molecule has 0 saturated heterocycles. The van der Waals surface area contributed by atoms with Crippen LogP contribution in [0.3, 0.4) is 0 Å². The second-order valence-corrected chi connectivity index (χ2v) is 3.28. The molecule has 0 spiro atoms. The molecule has 0 radical (unpaired) electrons. The molecule has 1 amide bonds. The highest BCUT2D eigenvalue weighted by Gasteiger charge is 2.03. The topological polar surface area (TPSA) is 89.6 Å². The Kier molecular flexibility index (Phi) is 6.65. The number of nitrogens with two attached hydrogens (primary N) is 1. The molecule has 0 fully saturated rings. The summed E-state index contributed by atoms with van der Waals surface area (Å²) in [6.07, 6.45) is 0. The molecule has 0 aliphatic heterocycles. The van der Waals surface area contributed by atoms with Gasteiger partial charge in [0, 0.05) is 13.0 Å². The summed E-state index contributed by atoms with van der Waals surface area (Å²) in [6.45, 7) is 0.807. The molecule has 3 N–H and O–H groups in total. The van der Waals surface area contributed by atoms with Gasteiger partial charge in [-0.05, 0) is 12.1 Å². The Morgan fingerprint density at radius 3 is 2.47 bits per heavy atom. The third kappa shape index (κ3) is 8.04. The molecule has 17 heavy (non-hydrogen) atoms. The molecular formula is C10H11ClFNO4. The fourth-order valence-electron chi connectivity index (χ4n) is 0.712. The highest BCUT2D eigenvalue weighted by Crippen LogP contribution is 2.20. The molecule has 7 heteroatoms. The van der Waals surface area contributed by atoms with Crippen LogP contribution in [0.5, 0.6) is 5.75 Å². The van der Waals surface area contributed by atoms with E-state index in [1.807, 2.05) is 0 Å². The standard InChI is InChI=1S/C8H6ClFO3.C2H5NO/c9-6-2-1-5(3-7(6)10)13-4-8(11)12;1-2(3)4/h1-3H,4H2,(H,11,12);1H3,(H2,3,4). The first-order valence-electron chi connectivity index (χ1n) is 4.38. The summed E-state index contributed by atoms with van der Waals surface area (Å²) in [4.78, 5) is 19.3. The van der Waals surface area contributed by atoms with E-state index in [9.17, 15) is 14.0 Å². The van der Waals surface area contributed by atoms with Crippen molar-refractivity contribution < 1.29 is 23.8 Å². The summed E-state index contributed by atoms with van der Waals surface area (Å²) in [5, 5.41) is 8.23. The maximum Gasteiger partial charge on any atom is 0.341 e. The van der Waals surface area contributed by atoms with Gasteiger partial charge in [0.1, 0.15) is 11.6 Å². The number of ether oxygens (including phenoxy) is 1. The lowest BCUT2D eigenvalue weighted by atomic mass is 10.3. The fourth-order valence-corrected chi connectivity index (χ4v) is 0.829. The number of aliphatic carboxylic acids is 1. The van der Waals surface area contributed by atoms with E-state index in [1.165, 1.54) is 19.1 Å². The van der Waals surface area contributed by atoms with Crippen molar-refractivity contribution in [2.24, 2.45) is 5.73 Å². The summed E-state index contributed by atoms with van der Waals surface area (Å²) >= 11 is 5.40. The number of hydrogen-bond acceptors (Lipinski definition) is 3. The van der Waals surface area contributed by atoms with Crippen LogP contribution in [-0.4, -0.2) is 23.6 Å². The number of benzene rings is 1. The van der Waals surface area contributed by atoms with Crippen LogP contribution in [0.2, 0.25) is 5.02 Å². The average Bonchev–Trinajstić information content (AvgIpc) is 2.19. The Labute approximate surface area is 102 Å². The second-order valence-electron chi connectivity index (χ2n) is 2.87. The predicted octanol–water partition coefficient (Wildman–Crippen LogP) is 1.43. The van der Waals surface area contributed by atoms with E-state index in [1.54, 1.807) is 0 Å². The zero-order valence-electron chi connectivity index (χ0n) is 8.94. The number of halogens is 2. The Bertz CT molecular complexity index is 407. The minimum absolute atomic E-state index is 0.0253. The van der Waals surface area contributed by atoms with Crippen LogP contribution in [0.4, 0.5) is 4.39 Å². The van der Waals surface area contributed by atoms with Crippen molar-refractivity contribution in [3.63, 3.8) is 0 Å². The molecule has 0 aliphatic carbocycles. The van der Waals surface area contributed by atoms with Crippen molar-refractivity contribution in [1.82, 2.24) is 0 Å². The maximum atomic E-state index is 12.7. The third-order valence-corrected chi connectivity index (χ3v) is 1.56. The molecule has 0 atom stereocenters. The van der Waals surface area contributed by atoms with E-state index >= 15 is 0 Å². The van der Waals surface area contributed by atoms with Crippen LogP contribution in [0.15, 0.2) is 18.2 Å². The van der Waals surface area contributed by atoms with Crippen LogP contribution in [0, 0.1) is 5.82 Å². The fraction of sp³-hybridized carbons (Fsp3) is 0.200. The molecule has 0 aliphatic rings. The van der Waals surface area contributed by atoms with Crippen molar-refractivity contribution in [1.29, 1.82) is 0 Å². The van der Waals surface area contributed by atoms with Gasteiger partial charge in [0.05, 0.1) is 5.02 Å². The van der Waals surface area contributed by atoms with Gasteiger partial charge in [-0.15, -0.1) is 0 Å². The minimum Gasteiger partial charge on any atom is -0.482 e. The highest BCUT2D eigenvalue weighted by atomic mass is 35.5. The molecular weight excluding hydrogens is 253 g/mol. The number of primary amides is 1. The van der Waals surface area contributed by atoms with Crippen molar-refractivity contribution in [3.8, 4) is 5.75 Å². The van der Waals surface area contributed by atoms with Crippen LogP contribution in [-0.2, 0) is 9.59 Å². The zero-order chi connectivity index (χ0) is 13.4. The summed E-state index contributed by atoms with van der Waals surface area (Å²) in [6, 6.07) is 3.73. The Morgan fingerprint density at radius 1 is 1.53 bits per heavy atom. The van der Waals surface area contributed by atoms with Crippen molar-refractivity contribution in [3.05, 3.63) is 29.0 Å². The van der Waals surface area contributed by atoms with Crippen LogP contribution >= 0.6 is 11.6 Å². The lowest BCUT2D eigenvalue weighted by Crippen LogP contribution is -2.09. The molecule has 1 aromatic carbocycles. The SMILES string of the molecule is CC(N)=O.O=C(O)COc1ccc(Cl)c(F)c1.